The van der Waals surface area contributed by atoms with Crippen LogP contribution in [-0.2, 0) is 21.5 Å². The number of nitrogens with zero attached hydrogens (tertiary/aromatic N) is 2. The minimum Gasteiger partial charge on any atom is -0.445 e. The van der Waals surface area contributed by atoms with Crippen molar-refractivity contribution in [1.29, 1.82) is 0 Å². The topological polar surface area (TPSA) is 87.2 Å². The lowest BCUT2D eigenvalue weighted by Gasteiger charge is -2.38. The summed E-state index contributed by atoms with van der Waals surface area (Å²) in [5.74, 6) is -0.397. The van der Waals surface area contributed by atoms with Gasteiger partial charge in [-0.2, -0.15) is 8.42 Å². The molecule has 1 aliphatic rings. The van der Waals surface area contributed by atoms with Crippen LogP contribution >= 0.6 is 0 Å². The van der Waals surface area contributed by atoms with Crippen molar-refractivity contribution in [3.05, 3.63) is 35.9 Å². The van der Waals surface area contributed by atoms with Crippen molar-refractivity contribution in [2.24, 2.45) is 0 Å². The smallest absolute Gasteiger partial charge is 0.410 e. The fourth-order valence-corrected chi connectivity index (χ4v) is 3.19. The van der Waals surface area contributed by atoms with E-state index in [1.54, 1.807) is 7.05 Å². The summed E-state index contributed by atoms with van der Waals surface area (Å²) in [5, 5.41) is 0. The summed E-state index contributed by atoms with van der Waals surface area (Å²) < 4.78 is 36.3. The van der Waals surface area contributed by atoms with E-state index >= 15 is 0 Å². The van der Waals surface area contributed by atoms with Crippen LogP contribution in [0.15, 0.2) is 30.3 Å². The Labute approximate surface area is 130 Å². The number of benzene rings is 1. The molecule has 2 rings (SSSR count). The van der Waals surface area contributed by atoms with E-state index in [1.165, 1.54) is 4.90 Å². The van der Waals surface area contributed by atoms with Crippen molar-refractivity contribution in [2.75, 3.05) is 32.4 Å². The second kappa shape index (κ2) is 7.08. The Balaban J connectivity index is 1.90. The van der Waals surface area contributed by atoms with Crippen molar-refractivity contribution in [2.45, 2.75) is 12.6 Å². The molecule has 122 valence electrons. The van der Waals surface area contributed by atoms with E-state index in [1.807, 2.05) is 35.2 Å². The van der Waals surface area contributed by atoms with Crippen molar-refractivity contribution in [1.82, 2.24) is 9.80 Å². The first-order chi connectivity index (χ1) is 10.3. The highest BCUT2D eigenvalue weighted by atomic mass is 32.2. The summed E-state index contributed by atoms with van der Waals surface area (Å²) in [5.41, 5.74) is 0.888. The van der Waals surface area contributed by atoms with Gasteiger partial charge in [0.05, 0.1) is 5.75 Å². The second-order valence-electron chi connectivity index (χ2n) is 5.37. The average molecular weight is 328 g/mol. The Morgan fingerprint density at radius 2 is 2.00 bits per heavy atom. The minimum absolute atomic E-state index is 0.176. The Morgan fingerprint density at radius 3 is 2.64 bits per heavy atom. The fourth-order valence-electron chi connectivity index (χ4n) is 2.35. The maximum atomic E-state index is 12.1. The number of amides is 1. The van der Waals surface area contributed by atoms with Crippen molar-refractivity contribution >= 4 is 16.2 Å². The molecule has 1 aromatic rings. The lowest BCUT2D eigenvalue weighted by Crippen LogP contribution is -2.55. The summed E-state index contributed by atoms with van der Waals surface area (Å²) in [6, 6.07) is 8.89. The number of likely N-dealkylation sites (N-methyl/N-ethyl adjacent to an activating group) is 1. The van der Waals surface area contributed by atoms with E-state index in [-0.39, 0.29) is 13.2 Å². The minimum atomic E-state index is -4.08. The first kappa shape index (κ1) is 16.7. The van der Waals surface area contributed by atoms with Gasteiger partial charge >= 0.3 is 6.09 Å². The first-order valence-corrected chi connectivity index (χ1v) is 8.57. The molecule has 0 bridgehead atoms. The molecule has 0 radical (unpaired) electrons. The van der Waals surface area contributed by atoms with E-state index < -0.39 is 28.0 Å². The summed E-state index contributed by atoms with van der Waals surface area (Å²) in [4.78, 5) is 15.3. The zero-order chi connectivity index (χ0) is 16.2. The summed E-state index contributed by atoms with van der Waals surface area (Å²) >= 11 is 0. The van der Waals surface area contributed by atoms with E-state index in [4.69, 9.17) is 9.29 Å². The Morgan fingerprint density at radius 1 is 1.32 bits per heavy atom. The number of hydrogen-bond donors (Lipinski definition) is 1. The van der Waals surface area contributed by atoms with Crippen molar-refractivity contribution < 1.29 is 22.5 Å². The Bertz CT molecular complexity index is 605. The van der Waals surface area contributed by atoms with Gasteiger partial charge in [-0.15, -0.1) is 0 Å². The number of rotatable bonds is 4. The molecule has 1 unspecified atom stereocenters. The van der Waals surface area contributed by atoms with Gasteiger partial charge in [0.2, 0.25) is 0 Å². The molecule has 1 fully saturated rings. The van der Waals surface area contributed by atoms with Crippen LogP contribution in [-0.4, -0.2) is 67.3 Å². The molecule has 0 aromatic heterocycles. The quantitative estimate of drug-likeness (QED) is 0.824. The SMILES string of the molecule is CN1CCN(C(=O)OCc2ccccc2)CC1CS(=O)(=O)O. The number of carbonyl (C=O) groups excluding carboxylic acids is 1. The highest BCUT2D eigenvalue weighted by molar-refractivity contribution is 7.85. The van der Waals surface area contributed by atoms with Gasteiger partial charge in [-0.1, -0.05) is 30.3 Å². The van der Waals surface area contributed by atoms with Gasteiger partial charge in [-0.05, 0) is 12.6 Å². The molecule has 0 spiro atoms. The molecule has 1 saturated heterocycles. The molecular formula is C14H20N2O5S. The van der Waals surface area contributed by atoms with Crippen LogP contribution in [0.2, 0.25) is 0 Å². The first-order valence-electron chi connectivity index (χ1n) is 6.96. The molecule has 1 aliphatic heterocycles. The van der Waals surface area contributed by atoms with Gasteiger partial charge in [0.1, 0.15) is 6.61 Å². The zero-order valence-corrected chi connectivity index (χ0v) is 13.2. The molecular weight excluding hydrogens is 308 g/mol. The normalized spacial score (nSPS) is 19.9. The molecule has 1 atom stereocenters. The molecule has 8 heteroatoms. The summed E-state index contributed by atoms with van der Waals surface area (Å²) in [6.07, 6.45) is -0.475. The highest BCUT2D eigenvalue weighted by Crippen LogP contribution is 2.12. The van der Waals surface area contributed by atoms with Crippen LogP contribution in [0.25, 0.3) is 0 Å². The zero-order valence-electron chi connectivity index (χ0n) is 12.4. The number of carbonyl (C=O) groups is 1. The van der Waals surface area contributed by atoms with Crippen LogP contribution < -0.4 is 0 Å². The fraction of sp³-hybridized carbons (Fsp3) is 0.500. The second-order valence-corrected chi connectivity index (χ2v) is 6.87. The van der Waals surface area contributed by atoms with Crippen LogP contribution in [0.5, 0.6) is 0 Å². The molecule has 0 aliphatic carbocycles. The largest absolute Gasteiger partial charge is 0.445 e. The van der Waals surface area contributed by atoms with Gasteiger partial charge < -0.3 is 9.64 Å². The lowest BCUT2D eigenvalue weighted by molar-refractivity contribution is 0.0608. The van der Waals surface area contributed by atoms with Gasteiger partial charge in [-0.25, -0.2) is 4.79 Å². The van der Waals surface area contributed by atoms with Gasteiger partial charge in [0, 0.05) is 25.7 Å². The van der Waals surface area contributed by atoms with E-state index in [2.05, 4.69) is 0 Å². The third kappa shape index (κ3) is 4.97. The third-order valence-electron chi connectivity index (χ3n) is 3.64. The molecule has 1 aromatic carbocycles. The van der Waals surface area contributed by atoms with Crippen LogP contribution in [0, 0.1) is 0 Å². The highest BCUT2D eigenvalue weighted by Gasteiger charge is 2.30. The molecule has 1 amide bonds. The molecule has 7 nitrogen and oxygen atoms in total. The number of piperazine rings is 1. The maximum Gasteiger partial charge on any atom is 0.410 e. The lowest BCUT2D eigenvalue weighted by atomic mass is 10.2. The van der Waals surface area contributed by atoms with Crippen LogP contribution in [0.3, 0.4) is 0 Å². The van der Waals surface area contributed by atoms with E-state index in [0.29, 0.717) is 13.1 Å². The Hall–Kier alpha value is -1.64. The number of ether oxygens (including phenoxy) is 1. The average Bonchev–Trinajstić information content (AvgIpc) is 2.47. The van der Waals surface area contributed by atoms with Crippen LogP contribution in [0.4, 0.5) is 4.79 Å². The van der Waals surface area contributed by atoms with E-state index in [9.17, 15) is 13.2 Å². The predicted octanol–water partition coefficient (Wildman–Crippen LogP) is 0.827. The van der Waals surface area contributed by atoms with Gasteiger partial charge in [0.25, 0.3) is 10.1 Å². The molecule has 22 heavy (non-hydrogen) atoms. The van der Waals surface area contributed by atoms with Crippen molar-refractivity contribution in [3.8, 4) is 0 Å². The van der Waals surface area contributed by atoms with Crippen molar-refractivity contribution in [3.63, 3.8) is 0 Å². The monoisotopic (exact) mass is 328 g/mol. The summed E-state index contributed by atoms with van der Waals surface area (Å²) in [6.45, 7) is 1.38. The summed E-state index contributed by atoms with van der Waals surface area (Å²) in [7, 11) is -2.32. The molecule has 0 saturated carbocycles. The standard InChI is InChI=1S/C14H20N2O5S/c1-15-7-8-16(9-13(15)11-22(18,19)20)14(17)21-10-12-5-3-2-4-6-12/h2-6,13H,7-11H2,1H3,(H,18,19,20). The molecule has 1 N–H and O–H groups in total. The maximum absolute atomic E-state index is 12.1. The third-order valence-corrected chi connectivity index (χ3v) is 4.45. The number of hydrogen-bond acceptors (Lipinski definition) is 5. The predicted molar refractivity (Wildman–Crippen MR) is 81.0 cm³/mol. The van der Waals surface area contributed by atoms with E-state index in [0.717, 1.165) is 5.56 Å². The Kier molecular flexibility index (Phi) is 5.38. The van der Waals surface area contributed by atoms with Gasteiger partial charge in [0.15, 0.2) is 0 Å². The van der Waals surface area contributed by atoms with Crippen LogP contribution in [0.1, 0.15) is 5.56 Å². The van der Waals surface area contributed by atoms with Gasteiger partial charge in [-0.3, -0.25) is 9.45 Å². The molecule has 1 heterocycles.